The molecule has 0 radical (unpaired) electrons. The van der Waals surface area contributed by atoms with E-state index in [1.807, 2.05) is 12.1 Å². The molecule has 0 heterocycles. The standard InChI is InChI=1S/C18H14F6N2S/c1-2-11-3-5-12(6-4-11)10-25-16(27)26-15-8-13(17(19,20)21)7-14(9-15)18(22,23)24/h2-9H,1,10H2,(H2,25,26,27). The van der Waals surface area contributed by atoms with Gasteiger partial charge in [0, 0.05) is 12.2 Å². The molecule has 2 nitrogen and oxygen atoms in total. The van der Waals surface area contributed by atoms with Crippen molar-refractivity contribution in [2.75, 3.05) is 5.32 Å². The third kappa shape index (κ3) is 5.99. The average molecular weight is 404 g/mol. The highest BCUT2D eigenvalue weighted by Gasteiger charge is 2.37. The lowest BCUT2D eigenvalue weighted by molar-refractivity contribution is -0.143. The number of rotatable bonds is 4. The smallest absolute Gasteiger partial charge is 0.358 e. The molecule has 0 aromatic heterocycles. The number of alkyl halides is 6. The second kappa shape index (κ2) is 7.99. The highest BCUT2D eigenvalue weighted by molar-refractivity contribution is 7.80. The van der Waals surface area contributed by atoms with Gasteiger partial charge in [0.25, 0.3) is 0 Å². The van der Waals surface area contributed by atoms with Gasteiger partial charge in [-0.15, -0.1) is 0 Å². The van der Waals surface area contributed by atoms with Crippen molar-refractivity contribution in [1.29, 1.82) is 0 Å². The van der Waals surface area contributed by atoms with Gasteiger partial charge in [-0.2, -0.15) is 26.3 Å². The van der Waals surface area contributed by atoms with Gasteiger partial charge in [-0.25, -0.2) is 0 Å². The molecule has 2 rings (SSSR count). The van der Waals surface area contributed by atoms with E-state index < -0.39 is 29.2 Å². The molecule has 0 aliphatic rings. The summed E-state index contributed by atoms with van der Waals surface area (Å²) in [5.41, 5.74) is -1.50. The summed E-state index contributed by atoms with van der Waals surface area (Å²) in [6, 6.07) is 8.40. The van der Waals surface area contributed by atoms with Gasteiger partial charge >= 0.3 is 12.4 Å². The molecule has 0 saturated carbocycles. The number of thiocarbonyl (C=S) groups is 1. The van der Waals surface area contributed by atoms with Crippen molar-refractivity contribution in [1.82, 2.24) is 5.32 Å². The lowest BCUT2D eigenvalue weighted by Gasteiger charge is -2.16. The van der Waals surface area contributed by atoms with Gasteiger partial charge in [0.1, 0.15) is 0 Å². The molecule has 0 unspecified atom stereocenters. The van der Waals surface area contributed by atoms with E-state index in [1.54, 1.807) is 18.2 Å². The number of nitrogens with one attached hydrogen (secondary N) is 2. The summed E-state index contributed by atoms with van der Waals surface area (Å²) in [5.74, 6) is 0. The molecule has 0 amide bonds. The molecule has 0 aliphatic heterocycles. The minimum atomic E-state index is -4.92. The predicted molar refractivity (Wildman–Crippen MR) is 96.0 cm³/mol. The van der Waals surface area contributed by atoms with Crippen LogP contribution in [0.2, 0.25) is 0 Å². The van der Waals surface area contributed by atoms with Crippen LogP contribution in [0.4, 0.5) is 32.0 Å². The van der Waals surface area contributed by atoms with Crippen molar-refractivity contribution in [3.63, 3.8) is 0 Å². The minimum absolute atomic E-state index is 0.0583. The van der Waals surface area contributed by atoms with Gasteiger partial charge in [0.2, 0.25) is 0 Å². The van der Waals surface area contributed by atoms with Crippen LogP contribution in [0.5, 0.6) is 0 Å². The van der Waals surface area contributed by atoms with Crippen LogP contribution in [0, 0.1) is 0 Å². The van der Waals surface area contributed by atoms with Crippen molar-refractivity contribution in [2.24, 2.45) is 0 Å². The SMILES string of the molecule is C=Cc1ccc(CNC(=S)Nc2cc(C(F)(F)F)cc(C(F)(F)F)c2)cc1. The van der Waals surface area contributed by atoms with E-state index in [0.717, 1.165) is 11.1 Å². The van der Waals surface area contributed by atoms with Crippen LogP contribution in [0.3, 0.4) is 0 Å². The third-order valence-electron chi connectivity index (χ3n) is 3.51. The Hall–Kier alpha value is -2.55. The molecular weight excluding hydrogens is 390 g/mol. The van der Waals surface area contributed by atoms with Gasteiger partial charge in [-0.3, -0.25) is 0 Å². The molecule has 144 valence electrons. The van der Waals surface area contributed by atoms with Crippen LogP contribution in [0.25, 0.3) is 6.08 Å². The molecule has 9 heteroatoms. The van der Waals surface area contributed by atoms with E-state index in [0.29, 0.717) is 12.1 Å². The zero-order chi connectivity index (χ0) is 20.2. The normalized spacial score (nSPS) is 11.8. The molecule has 0 aliphatic carbocycles. The summed E-state index contributed by atoms with van der Waals surface area (Å²) in [6.07, 6.45) is -8.17. The first-order valence-corrected chi connectivity index (χ1v) is 7.95. The van der Waals surface area contributed by atoms with E-state index in [2.05, 4.69) is 17.2 Å². The topological polar surface area (TPSA) is 24.1 Å². The Morgan fingerprint density at radius 1 is 0.926 bits per heavy atom. The monoisotopic (exact) mass is 404 g/mol. The Kier molecular flexibility index (Phi) is 6.15. The van der Waals surface area contributed by atoms with Crippen molar-refractivity contribution in [3.05, 3.63) is 71.3 Å². The predicted octanol–water partition coefficient (Wildman–Crippen LogP) is 5.85. The van der Waals surface area contributed by atoms with Crippen LogP contribution >= 0.6 is 12.2 Å². The molecule has 0 spiro atoms. The molecule has 0 bridgehead atoms. The summed E-state index contributed by atoms with van der Waals surface area (Å²) in [5, 5.41) is 5.00. The summed E-state index contributed by atoms with van der Waals surface area (Å²) < 4.78 is 77.1. The number of anilines is 1. The van der Waals surface area contributed by atoms with Gasteiger partial charge in [0.15, 0.2) is 5.11 Å². The van der Waals surface area contributed by atoms with Crippen molar-refractivity contribution in [2.45, 2.75) is 18.9 Å². The first-order valence-electron chi connectivity index (χ1n) is 7.55. The van der Waals surface area contributed by atoms with Crippen LogP contribution in [-0.4, -0.2) is 5.11 Å². The van der Waals surface area contributed by atoms with E-state index >= 15 is 0 Å². The quantitative estimate of drug-likeness (QED) is 0.494. The number of benzene rings is 2. The fraction of sp³-hybridized carbons (Fsp3) is 0.167. The second-order valence-corrected chi connectivity index (χ2v) is 5.96. The van der Waals surface area contributed by atoms with Crippen LogP contribution in [0.1, 0.15) is 22.3 Å². The fourth-order valence-electron chi connectivity index (χ4n) is 2.16. The number of hydrogen-bond acceptors (Lipinski definition) is 1. The van der Waals surface area contributed by atoms with Gasteiger partial charge in [-0.1, -0.05) is 36.9 Å². The summed E-state index contributed by atoms with van der Waals surface area (Å²) >= 11 is 4.96. The Morgan fingerprint density at radius 3 is 1.89 bits per heavy atom. The van der Waals surface area contributed by atoms with Gasteiger partial charge in [0.05, 0.1) is 11.1 Å². The van der Waals surface area contributed by atoms with E-state index in [-0.39, 0.29) is 17.7 Å². The maximum atomic E-state index is 12.9. The van der Waals surface area contributed by atoms with E-state index in [9.17, 15) is 26.3 Å². The number of halogens is 6. The van der Waals surface area contributed by atoms with Crippen LogP contribution < -0.4 is 10.6 Å². The molecule has 0 atom stereocenters. The molecule has 2 aromatic carbocycles. The molecular formula is C18H14F6N2S. The Morgan fingerprint density at radius 2 is 1.44 bits per heavy atom. The largest absolute Gasteiger partial charge is 0.416 e. The van der Waals surface area contributed by atoms with E-state index in [4.69, 9.17) is 12.2 Å². The van der Waals surface area contributed by atoms with Crippen LogP contribution in [-0.2, 0) is 18.9 Å². The molecule has 27 heavy (non-hydrogen) atoms. The zero-order valence-electron chi connectivity index (χ0n) is 13.7. The zero-order valence-corrected chi connectivity index (χ0v) is 14.5. The van der Waals surface area contributed by atoms with Crippen molar-refractivity contribution >= 4 is 29.1 Å². The van der Waals surface area contributed by atoms with Gasteiger partial charge in [-0.05, 0) is 41.5 Å². The molecule has 0 saturated heterocycles. The first kappa shape index (κ1) is 20.8. The molecule has 0 fully saturated rings. The average Bonchev–Trinajstić information content (AvgIpc) is 2.58. The minimum Gasteiger partial charge on any atom is -0.358 e. The maximum Gasteiger partial charge on any atom is 0.416 e. The van der Waals surface area contributed by atoms with Crippen molar-refractivity contribution < 1.29 is 26.3 Å². The van der Waals surface area contributed by atoms with Crippen LogP contribution in [0.15, 0.2) is 49.0 Å². The van der Waals surface area contributed by atoms with Gasteiger partial charge < -0.3 is 10.6 Å². The first-order chi connectivity index (χ1) is 12.5. The Bertz CT molecular complexity index is 793. The molecule has 2 N–H and O–H groups in total. The fourth-order valence-corrected chi connectivity index (χ4v) is 2.35. The lowest BCUT2D eigenvalue weighted by atomic mass is 10.1. The summed E-state index contributed by atoms with van der Waals surface area (Å²) in [4.78, 5) is 0. The Balaban J connectivity index is 2.12. The van der Waals surface area contributed by atoms with Crippen molar-refractivity contribution in [3.8, 4) is 0 Å². The lowest BCUT2D eigenvalue weighted by Crippen LogP contribution is -2.28. The highest BCUT2D eigenvalue weighted by Crippen LogP contribution is 2.37. The Labute approximate surface area is 156 Å². The highest BCUT2D eigenvalue weighted by atomic mass is 32.1. The third-order valence-corrected chi connectivity index (χ3v) is 3.76. The number of hydrogen-bond donors (Lipinski definition) is 2. The second-order valence-electron chi connectivity index (χ2n) is 5.55. The summed E-state index contributed by atoms with van der Waals surface area (Å²) in [7, 11) is 0. The molecule has 2 aromatic rings. The maximum absolute atomic E-state index is 12.9. The van der Waals surface area contributed by atoms with E-state index in [1.165, 1.54) is 0 Å². The summed E-state index contributed by atoms with van der Waals surface area (Å²) in [6.45, 7) is 3.87.